The fourth-order valence-corrected chi connectivity index (χ4v) is 3.25. The lowest BCUT2D eigenvalue weighted by molar-refractivity contribution is -0.118. The van der Waals surface area contributed by atoms with Crippen molar-refractivity contribution in [2.75, 3.05) is 32.3 Å². The number of nitrogens with zero attached hydrogens (tertiary/aromatic N) is 1. The van der Waals surface area contributed by atoms with Crippen molar-refractivity contribution < 1.29 is 19.0 Å². The minimum Gasteiger partial charge on any atom is -0.493 e. The van der Waals surface area contributed by atoms with Crippen LogP contribution in [0.2, 0.25) is 0 Å². The number of amides is 1. The van der Waals surface area contributed by atoms with Gasteiger partial charge in [0.1, 0.15) is 12.4 Å². The van der Waals surface area contributed by atoms with E-state index in [1.165, 1.54) is 0 Å². The highest BCUT2D eigenvalue weighted by molar-refractivity contribution is 5.97. The number of hydrogen-bond donors (Lipinski definition) is 0. The summed E-state index contributed by atoms with van der Waals surface area (Å²) >= 11 is 0. The average Bonchev–Trinajstić information content (AvgIpc) is 2.60. The van der Waals surface area contributed by atoms with Crippen LogP contribution in [0.25, 0.3) is 0 Å². The number of benzene rings is 2. The second-order valence-electron chi connectivity index (χ2n) is 6.19. The van der Waals surface area contributed by atoms with Gasteiger partial charge in [-0.05, 0) is 48.7 Å². The van der Waals surface area contributed by atoms with Crippen LogP contribution in [0.3, 0.4) is 0 Å². The number of aryl methyl sites for hydroxylation is 2. The zero-order chi connectivity index (χ0) is 18.0. The predicted molar refractivity (Wildman–Crippen MR) is 97.0 cm³/mol. The third-order valence-corrected chi connectivity index (χ3v) is 4.36. The fourth-order valence-electron chi connectivity index (χ4n) is 3.25. The highest BCUT2D eigenvalue weighted by Crippen LogP contribution is 2.36. The Morgan fingerprint density at radius 1 is 1.12 bits per heavy atom. The summed E-state index contributed by atoms with van der Waals surface area (Å²) in [6.07, 6.45) is 0.299. The molecule has 0 N–H and O–H groups in total. The van der Waals surface area contributed by atoms with Crippen molar-refractivity contribution in [3.8, 4) is 17.2 Å². The molecule has 1 amide bonds. The molecule has 2 aromatic carbocycles. The summed E-state index contributed by atoms with van der Waals surface area (Å²) in [5.74, 6) is 2.11. The molecule has 3 rings (SSSR count). The SMILES string of the molecule is COc1ccc(CC(=O)N2CCOc3cc(C)cc(C)c32)cc1OC. The maximum Gasteiger partial charge on any atom is 0.231 e. The van der Waals surface area contributed by atoms with Crippen LogP contribution in [-0.4, -0.2) is 33.3 Å². The topological polar surface area (TPSA) is 48.0 Å². The van der Waals surface area contributed by atoms with Crippen molar-refractivity contribution in [3.63, 3.8) is 0 Å². The lowest BCUT2D eigenvalue weighted by Crippen LogP contribution is -2.39. The van der Waals surface area contributed by atoms with Crippen LogP contribution in [0.5, 0.6) is 17.2 Å². The van der Waals surface area contributed by atoms with E-state index in [0.29, 0.717) is 31.1 Å². The van der Waals surface area contributed by atoms with Crippen molar-refractivity contribution in [1.29, 1.82) is 0 Å². The molecule has 5 nitrogen and oxygen atoms in total. The molecule has 0 saturated heterocycles. The molecule has 5 heteroatoms. The van der Waals surface area contributed by atoms with Gasteiger partial charge < -0.3 is 19.1 Å². The predicted octanol–water partition coefficient (Wildman–Crippen LogP) is 3.29. The summed E-state index contributed by atoms with van der Waals surface area (Å²) in [5.41, 5.74) is 3.95. The molecular weight excluding hydrogens is 318 g/mol. The standard InChI is InChI=1S/C20H23NO4/c1-13-9-14(2)20-18(10-13)25-8-7-21(20)19(22)12-15-5-6-16(23-3)17(11-15)24-4/h5-6,9-11H,7-8,12H2,1-4H3. The van der Waals surface area contributed by atoms with Crippen LogP contribution in [0, 0.1) is 13.8 Å². The number of carbonyl (C=O) groups excluding carboxylic acids is 1. The molecule has 0 fully saturated rings. The molecule has 0 atom stereocenters. The molecule has 0 unspecified atom stereocenters. The van der Waals surface area contributed by atoms with E-state index in [9.17, 15) is 4.79 Å². The molecule has 25 heavy (non-hydrogen) atoms. The van der Waals surface area contributed by atoms with Crippen molar-refractivity contribution >= 4 is 11.6 Å². The maximum absolute atomic E-state index is 12.9. The number of fused-ring (bicyclic) bond motifs is 1. The second-order valence-corrected chi connectivity index (χ2v) is 6.19. The van der Waals surface area contributed by atoms with Gasteiger partial charge in [-0.15, -0.1) is 0 Å². The average molecular weight is 341 g/mol. The van der Waals surface area contributed by atoms with Gasteiger partial charge in [-0.25, -0.2) is 0 Å². The van der Waals surface area contributed by atoms with Gasteiger partial charge in [0.15, 0.2) is 11.5 Å². The largest absolute Gasteiger partial charge is 0.493 e. The lowest BCUT2D eigenvalue weighted by Gasteiger charge is -2.31. The molecule has 0 bridgehead atoms. The Hall–Kier alpha value is -2.69. The van der Waals surface area contributed by atoms with E-state index in [4.69, 9.17) is 14.2 Å². The highest BCUT2D eigenvalue weighted by atomic mass is 16.5. The third kappa shape index (κ3) is 3.40. The highest BCUT2D eigenvalue weighted by Gasteiger charge is 2.26. The smallest absolute Gasteiger partial charge is 0.231 e. The molecular formula is C20H23NO4. The van der Waals surface area contributed by atoms with Crippen LogP contribution in [0.1, 0.15) is 16.7 Å². The zero-order valence-corrected chi connectivity index (χ0v) is 15.1. The Bertz CT molecular complexity index is 801. The first-order chi connectivity index (χ1) is 12.0. The minimum absolute atomic E-state index is 0.0451. The monoisotopic (exact) mass is 341 g/mol. The summed E-state index contributed by atoms with van der Waals surface area (Å²) in [4.78, 5) is 14.7. The summed E-state index contributed by atoms with van der Waals surface area (Å²) in [7, 11) is 3.19. The zero-order valence-electron chi connectivity index (χ0n) is 15.1. The van der Waals surface area contributed by atoms with Gasteiger partial charge in [-0.2, -0.15) is 0 Å². The molecule has 0 spiro atoms. The molecule has 0 radical (unpaired) electrons. The van der Waals surface area contributed by atoms with E-state index >= 15 is 0 Å². The molecule has 0 saturated carbocycles. The number of carbonyl (C=O) groups is 1. The fraction of sp³-hybridized carbons (Fsp3) is 0.350. The van der Waals surface area contributed by atoms with E-state index in [2.05, 4.69) is 6.07 Å². The van der Waals surface area contributed by atoms with Gasteiger partial charge in [-0.1, -0.05) is 12.1 Å². The second kappa shape index (κ2) is 7.05. The Labute approximate surface area is 148 Å². The number of rotatable bonds is 4. The number of hydrogen-bond acceptors (Lipinski definition) is 4. The van der Waals surface area contributed by atoms with Crippen LogP contribution in [0.15, 0.2) is 30.3 Å². The van der Waals surface area contributed by atoms with Crippen molar-refractivity contribution in [1.82, 2.24) is 0 Å². The molecule has 0 aromatic heterocycles. The van der Waals surface area contributed by atoms with E-state index in [1.807, 2.05) is 43.0 Å². The first-order valence-corrected chi connectivity index (χ1v) is 8.28. The molecule has 0 aliphatic carbocycles. The van der Waals surface area contributed by atoms with Gasteiger partial charge in [-0.3, -0.25) is 4.79 Å². The van der Waals surface area contributed by atoms with Crippen molar-refractivity contribution in [2.24, 2.45) is 0 Å². The quantitative estimate of drug-likeness (QED) is 0.856. The molecule has 2 aromatic rings. The van der Waals surface area contributed by atoms with Gasteiger partial charge in [0, 0.05) is 0 Å². The van der Waals surface area contributed by atoms with Crippen LogP contribution in [0.4, 0.5) is 5.69 Å². The van der Waals surface area contributed by atoms with Gasteiger partial charge >= 0.3 is 0 Å². The Morgan fingerprint density at radius 3 is 2.60 bits per heavy atom. The Morgan fingerprint density at radius 2 is 1.88 bits per heavy atom. The van der Waals surface area contributed by atoms with E-state index in [1.54, 1.807) is 14.2 Å². The van der Waals surface area contributed by atoms with E-state index in [0.717, 1.165) is 28.1 Å². The Balaban J connectivity index is 1.86. The van der Waals surface area contributed by atoms with Gasteiger partial charge in [0.25, 0.3) is 0 Å². The third-order valence-electron chi connectivity index (χ3n) is 4.36. The summed E-state index contributed by atoms with van der Waals surface area (Å²) < 4.78 is 16.3. The summed E-state index contributed by atoms with van der Waals surface area (Å²) in [6.45, 7) is 5.11. The Kier molecular flexibility index (Phi) is 4.83. The van der Waals surface area contributed by atoms with Crippen LogP contribution < -0.4 is 19.1 Å². The normalized spacial score (nSPS) is 13.0. The molecule has 1 heterocycles. The summed E-state index contributed by atoms with van der Waals surface area (Å²) in [5, 5.41) is 0. The van der Waals surface area contributed by atoms with Crippen LogP contribution in [-0.2, 0) is 11.2 Å². The first kappa shape index (κ1) is 17.1. The molecule has 1 aliphatic heterocycles. The number of anilines is 1. The van der Waals surface area contributed by atoms with Gasteiger partial charge in [0.2, 0.25) is 5.91 Å². The number of ether oxygens (including phenoxy) is 3. The number of methoxy groups -OCH3 is 2. The van der Waals surface area contributed by atoms with Gasteiger partial charge in [0.05, 0.1) is 32.9 Å². The van der Waals surface area contributed by atoms with E-state index in [-0.39, 0.29) is 5.91 Å². The lowest BCUT2D eigenvalue weighted by atomic mass is 10.1. The summed E-state index contributed by atoms with van der Waals surface area (Å²) in [6, 6.07) is 9.62. The van der Waals surface area contributed by atoms with Crippen molar-refractivity contribution in [3.05, 3.63) is 47.0 Å². The first-order valence-electron chi connectivity index (χ1n) is 8.28. The minimum atomic E-state index is 0.0451. The maximum atomic E-state index is 12.9. The molecule has 132 valence electrons. The van der Waals surface area contributed by atoms with Crippen molar-refractivity contribution in [2.45, 2.75) is 20.3 Å². The van der Waals surface area contributed by atoms with Crippen LogP contribution >= 0.6 is 0 Å². The molecule has 1 aliphatic rings. The van der Waals surface area contributed by atoms with E-state index < -0.39 is 0 Å².